The summed E-state index contributed by atoms with van der Waals surface area (Å²) in [5, 5.41) is 0. The van der Waals surface area contributed by atoms with Crippen molar-refractivity contribution in [1.29, 1.82) is 0 Å². The topological polar surface area (TPSA) is 26.3 Å². The van der Waals surface area contributed by atoms with Crippen molar-refractivity contribution in [2.45, 2.75) is 52.4 Å². The molecule has 0 aromatic carbocycles. The zero-order valence-electron chi connectivity index (χ0n) is 9.27. The molecule has 2 heteroatoms. The van der Waals surface area contributed by atoms with Gasteiger partial charge in [0.2, 0.25) is 0 Å². The van der Waals surface area contributed by atoms with Gasteiger partial charge in [0.15, 0.2) is 6.61 Å². The molecule has 0 unspecified atom stereocenters. The highest BCUT2D eigenvalue weighted by Crippen LogP contribution is 1.99. The van der Waals surface area contributed by atoms with E-state index in [1.54, 1.807) is 0 Å². The van der Waals surface area contributed by atoms with Crippen LogP contribution in [0.1, 0.15) is 52.4 Å². The average Bonchev–Trinajstić information content (AvgIpc) is 2.18. The van der Waals surface area contributed by atoms with Crippen molar-refractivity contribution in [2.75, 3.05) is 6.61 Å². The van der Waals surface area contributed by atoms with Gasteiger partial charge in [0.05, 0.1) is 0 Å². The molecule has 0 bridgehead atoms. The molecule has 0 rings (SSSR count). The smallest absolute Gasteiger partial charge is 0.306 e. The van der Waals surface area contributed by atoms with Gasteiger partial charge in [0.1, 0.15) is 0 Å². The Hall–Kier alpha value is -0.970. The summed E-state index contributed by atoms with van der Waals surface area (Å²) in [6, 6.07) is 0. The Morgan fingerprint density at radius 3 is 2.57 bits per heavy atom. The molecular weight excluding hydrogens is 176 g/mol. The second-order valence-electron chi connectivity index (χ2n) is 3.22. The summed E-state index contributed by atoms with van der Waals surface area (Å²) in [4.78, 5) is 11.1. The minimum Gasteiger partial charge on any atom is -0.452 e. The van der Waals surface area contributed by atoms with Crippen LogP contribution in [0.5, 0.6) is 0 Å². The van der Waals surface area contributed by atoms with Gasteiger partial charge in [0, 0.05) is 12.8 Å². The van der Waals surface area contributed by atoms with Crippen LogP contribution >= 0.6 is 0 Å². The number of carbonyl (C=O) groups is 1. The van der Waals surface area contributed by atoms with E-state index >= 15 is 0 Å². The van der Waals surface area contributed by atoms with Crippen molar-refractivity contribution in [1.82, 2.24) is 0 Å². The highest BCUT2D eigenvalue weighted by molar-refractivity contribution is 5.69. The fourth-order valence-electron chi connectivity index (χ4n) is 0.973. The number of hydrogen-bond donors (Lipinski definition) is 0. The van der Waals surface area contributed by atoms with Gasteiger partial charge in [-0.25, -0.2) is 0 Å². The molecule has 0 saturated carbocycles. The van der Waals surface area contributed by atoms with E-state index < -0.39 is 0 Å². The van der Waals surface area contributed by atoms with E-state index in [0.717, 1.165) is 32.1 Å². The van der Waals surface area contributed by atoms with Gasteiger partial charge in [-0.2, -0.15) is 0 Å². The van der Waals surface area contributed by atoms with Crippen molar-refractivity contribution in [2.24, 2.45) is 0 Å². The maximum Gasteiger partial charge on any atom is 0.306 e. The lowest BCUT2D eigenvalue weighted by Gasteiger charge is -1.99. The van der Waals surface area contributed by atoms with Crippen molar-refractivity contribution in [3.63, 3.8) is 0 Å². The van der Waals surface area contributed by atoms with Crippen LogP contribution in [0.15, 0.2) is 0 Å². The summed E-state index contributed by atoms with van der Waals surface area (Å²) in [6.07, 6.45) is 5.62. The van der Waals surface area contributed by atoms with E-state index in [2.05, 4.69) is 25.7 Å². The van der Waals surface area contributed by atoms with Crippen LogP contribution in [0.3, 0.4) is 0 Å². The maximum atomic E-state index is 11.1. The molecule has 0 fully saturated rings. The van der Waals surface area contributed by atoms with Gasteiger partial charge in [-0.05, 0) is 12.8 Å². The minimum absolute atomic E-state index is 0.121. The van der Waals surface area contributed by atoms with Gasteiger partial charge in [0.25, 0.3) is 0 Å². The number of carbonyl (C=O) groups excluding carboxylic acids is 1. The molecule has 80 valence electrons. The molecule has 0 aliphatic rings. The number of rotatable bonds is 6. The first-order valence-electron chi connectivity index (χ1n) is 5.42. The molecule has 0 radical (unpaired) electrons. The predicted molar refractivity (Wildman–Crippen MR) is 57.8 cm³/mol. The molecule has 0 atom stereocenters. The summed E-state index contributed by atoms with van der Waals surface area (Å²) in [5.74, 6) is 5.62. The van der Waals surface area contributed by atoms with E-state index in [1.165, 1.54) is 0 Å². The van der Waals surface area contributed by atoms with E-state index in [1.807, 2.05) is 0 Å². The highest BCUT2D eigenvalue weighted by Gasteiger charge is 1.99. The Morgan fingerprint density at radius 1 is 1.14 bits per heavy atom. The molecular formula is C12H20O2. The third kappa shape index (κ3) is 9.12. The van der Waals surface area contributed by atoms with Crippen molar-refractivity contribution in [3.8, 4) is 11.8 Å². The zero-order chi connectivity index (χ0) is 10.6. The lowest BCUT2D eigenvalue weighted by atomic mass is 10.2. The minimum atomic E-state index is -0.121. The lowest BCUT2D eigenvalue weighted by molar-refractivity contribution is -0.142. The van der Waals surface area contributed by atoms with E-state index in [4.69, 9.17) is 4.74 Å². The lowest BCUT2D eigenvalue weighted by Crippen LogP contribution is -2.04. The number of unbranched alkanes of at least 4 members (excludes halogenated alkanes) is 3. The Morgan fingerprint density at radius 2 is 1.93 bits per heavy atom. The molecule has 0 N–H and O–H groups in total. The Balaban J connectivity index is 3.32. The van der Waals surface area contributed by atoms with Crippen LogP contribution in [0.4, 0.5) is 0 Å². The van der Waals surface area contributed by atoms with Gasteiger partial charge in [-0.15, -0.1) is 0 Å². The molecule has 14 heavy (non-hydrogen) atoms. The standard InChI is InChI=1S/C12H20O2/c1-3-5-7-9-11-14-12(13)10-8-6-4-2/h3-6,8,10-11H2,1-2H3. The summed E-state index contributed by atoms with van der Waals surface area (Å²) in [7, 11) is 0. The van der Waals surface area contributed by atoms with Gasteiger partial charge in [-0.1, -0.05) is 38.5 Å². The molecule has 0 aromatic heterocycles. The summed E-state index contributed by atoms with van der Waals surface area (Å²) < 4.78 is 4.92. The first-order chi connectivity index (χ1) is 6.81. The summed E-state index contributed by atoms with van der Waals surface area (Å²) >= 11 is 0. The first-order valence-corrected chi connectivity index (χ1v) is 5.42. The zero-order valence-corrected chi connectivity index (χ0v) is 9.27. The van der Waals surface area contributed by atoms with Crippen LogP contribution in [0.2, 0.25) is 0 Å². The maximum absolute atomic E-state index is 11.1. The van der Waals surface area contributed by atoms with Crippen LogP contribution in [-0.4, -0.2) is 12.6 Å². The quantitative estimate of drug-likeness (QED) is 0.371. The molecule has 2 nitrogen and oxygen atoms in total. The number of esters is 1. The third-order valence-electron chi connectivity index (χ3n) is 1.79. The van der Waals surface area contributed by atoms with Crippen LogP contribution in [0, 0.1) is 11.8 Å². The van der Waals surface area contributed by atoms with E-state index in [-0.39, 0.29) is 12.6 Å². The summed E-state index contributed by atoms with van der Waals surface area (Å²) in [5.41, 5.74) is 0. The van der Waals surface area contributed by atoms with Gasteiger partial charge >= 0.3 is 5.97 Å². The van der Waals surface area contributed by atoms with Crippen LogP contribution < -0.4 is 0 Å². The van der Waals surface area contributed by atoms with Crippen LogP contribution in [-0.2, 0) is 9.53 Å². The fourth-order valence-corrected chi connectivity index (χ4v) is 0.973. The van der Waals surface area contributed by atoms with Crippen molar-refractivity contribution >= 4 is 5.97 Å². The van der Waals surface area contributed by atoms with Crippen molar-refractivity contribution in [3.05, 3.63) is 0 Å². The number of hydrogen-bond acceptors (Lipinski definition) is 2. The van der Waals surface area contributed by atoms with E-state index in [0.29, 0.717) is 6.42 Å². The van der Waals surface area contributed by atoms with Gasteiger partial charge in [-0.3, -0.25) is 4.79 Å². The fraction of sp³-hybridized carbons (Fsp3) is 0.750. The second kappa shape index (κ2) is 10.1. The number of ether oxygens (including phenoxy) is 1. The second-order valence-corrected chi connectivity index (χ2v) is 3.22. The molecule has 0 aromatic rings. The average molecular weight is 196 g/mol. The Labute approximate surface area is 87.0 Å². The predicted octanol–water partition coefficient (Wildman–Crippen LogP) is 2.91. The Bertz CT molecular complexity index is 198. The molecule has 0 aliphatic carbocycles. The normalized spacial score (nSPS) is 9.00. The third-order valence-corrected chi connectivity index (χ3v) is 1.79. The van der Waals surface area contributed by atoms with Gasteiger partial charge < -0.3 is 4.74 Å². The molecule has 0 heterocycles. The molecule has 0 amide bonds. The van der Waals surface area contributed by atoms with Crippen LogP contribution in [0.25, 0.3) is 0 Å². The monoisotopic (exact) mass is 196 g/mol. The first kappa shape index (κ1) is 13.0. The SMILES string of the molecule is CCCC#CCOC(=O)CCCCC. The largest absolute Gasteiger partial charge is 0.452 e. The van der Waals surface area contributed by atoms with E-state index in [9.17, 15) is 4.79 Å². The molecule has 0 aliphatic heterocycles. The molecule has 0 spiro atoms. The van der Waals surface area contributed by atoms with Crippen molar-refractivity contribution < 1.29 is 9.53 Å². The Kier molecular flexibility index (Phi) is 9.41. The highest BCUT2D eigenvalue weighted by atomic mass is 16.5. The summed E-state index contributed by atoms with van der Waals surface area (Å²) in [6.45, 7) is 4.44. The molecule has 0 saturated heterocycles.